The first-order chi connectivity index (χ1) is 10.2. The molecule has 2 aromatic rings. The number of nitrogens with one attached hydrogen (secondary N) is 2. The Morgan fingerprint density at radius 1 is 1.14 bits per heavy atom. The van der Waals surface area contributed by atoms with Crippen molar-refractivity contribution in [3.05, 3.63) is 54.1 Å². The van der Waals surface area contributed by atoms with Crippen LogP contribution in [0.2, 0.25) is 0 Å². The smallest absolute Gasteiger partial charge is 0.319 e. The maximum atomic E-state index is 11.7. The van der Waals surface area contributed by atoms with Gasteiger partial charge in [-0.25, -0.2) is 4.79 Å². The fourth-order valence-corrected chi connectivity index (χ4v) is 1.80. The number of ether oxygens (including phenoxy) is 1. The maximum Gasteiger partial charge on any atom is 0.319 e. The van der Waals surface area contributed by atoms with Crippen LogP contribution in [0.4, 0.5) is 10.5 Å². The molecule has 0 heterocycles. The molecule has 0 aliphatic rings. The van der Waals surface area contributed by atoms with Crippen LogP contribution in [0.25, 0.3) is 0 Å². The summed E-state index contributed by atoms with van der Waals surface area (Å²) in [6.07, 6.45) is 0. The second-order valence-corrected chi connectivity index (χ2v) is 4.40. The predicted octanol–water partition coefficient (Wildman–Crippen LogP) is 3.11. The monoisotopic (exact) mass is 286 g/mol. The van der Waals surface area contributed by atoms with Crippen LogP contribution in [0.1, 0.15) is 12.5 Å². The van der Waals surface area contributed by atoms with Crippen LogP contribution in [0.5, 0.6) is 11.5 Å². The molecule has 0 saturated carbocycles. The number of urea groups is 1. The molecule has 0 bridgehead atoms. The van der Waals surface area contributed by atoms with Gasteiger partial charge < -0.3 is 20.5 Å². The van der Waals surface area contributed by atoms with E-state index in [4.69, 9.17) is 4.74 Å². The Kier molecular flexibility index (Phi) is 5.04. The van der Waals surface area contributed by atoms with E-state index in [2.05, 4.69) is 10.6 Å². The fourth-order valence-electron chi connectivity index (χ4n) is 1.80. The van der Waals surface area contributed by atoms with Crippen molar-refractivity contribution in [3.63, 3.8) is 0 Å². The highest BCUT2D eigenvalue weighted by Gasteiger charge is 2.05. The number of phenolic OH excluding ortho intramolecular Hbond substituents is 1. The van der Waals surface area contributed by atoms with Crippen molar-refractivity contribution in [2.45, 2.75) is 13.5 Å². The third-order valence-electron chi connectivity index (χ3n) is 2.84. The molecule has 110 valence electrons. The first kappa shape index (κ1) is 14.7. The van der Waals surface area contributed by atoms with E-state index in [1.54, 1.807) is 18.2 Å². The Morgan fingerprint density at radius 2 is 1.86 bits per heavy atom. The van der Waals surface area contributed by atoms with Crippen LogP contribution in [0, 0.1) is 0 Å². The minimum Gasteiger partial charge on any atom is -0.506 e. The van der Waals surface area contributed by atoms with Gasteiger partial charge in [0.25, 0.3) is 0 Å². The second-order valence-electron chi connectivity index (χ2n) is 4.40. The zero-order valence-corrected chi connectivity index (χ0v) is 11.8. The summed E-state index contributed by atoms with van der Waals surface area (Å²) < 4.78 is 5.35. The van der Waals surface area contributed by atoms with Gasteiger partial charge in [0.15, 0.2) is 0 Å². The van der Waals surface area contributed by atoms with Gasteiger partial charge in [0.2, 0.25) is 0 Å². The van der Waals surface area contributed by atoms with Gasteiger partial charge in [0, 0.05) is 6.54 Å². The molecule has 0 unspecified atom stereocenters. The summed E-state index contributed by atoms with van der Waals surface area (Å²) in [7, 11) is 0. The van der Waals surface area contributed by atoms with Crippen molar-refractivity contribution in [1.82, 2.24) is 5.32 Å². The first-order valence-corrected chi connectivity index (χ1v) is 6.73. The molecule has 21 heavy (non-hydrogen) atoms. The molecule has 5 heteroatoms. The molecule has 2 aromatic carbocycles. The minimum atomic E-state index is -0.370. The number of hydrogen-bond acceptors (Lipinski definition) is 3. The molecule has 0 atom stereocenters. The molecule has 0 aliphatic heterocycles. The number of carbonyl (C=O) groups excluding carboxylic acids is 1. The number of aromatic hydroxyl groups is 1. The molecule has 0 fully saturated rings. The number of rotatable bonds is 5. The van der Waals surface area contributed by atoms with E-state index in [-0.39, 0.29) is 11.8 Å². The lowest BCUT2D eigenvalue weighted by Crippen LogP contribution is -2.28. The highest BCUT2D eigenvalue weighted by Crippen LogP contribution is 2.21. The van der Waals surface area contributed by atoms with Gasteiger partial charge in [-0.15, -0.1) is 0 Å². The fraction of sp³-hybridized carbons (Fsp3) is 0.188. The molecule has 0 aliphatic carbocycles. The quantitative estimate of drug-likeness (QED) is 0.740. The third-order valence-corrected chi connectivity index (χ3v) is 2.84. The van der Waals surface area contributed by atoms with Crippen molar-refractivity contribution >= 4 is 11.7 Å². The number of hydrogen-bond donors (Lipinski definition) is 3. The molecule has 0 aromatic heterocycles. The highest BCUT2D eigenvalue weighted by atomic mass is 16.5. The summed E-state index contributed by atoms with van der Waals surface area (Å²) in [6, 6.07) is 13.7. The van der Waals surface area contributed by atoms with Crippen molar-refractivity contribution in [2.24, 2.45) is 0 Å². The summed E-state index contributed by atoms with van der Waals surface area (Å²) >= 11 is 0. The number of phenols is 1. The van der Waals surface area contributed by atoms with E-state index in [0.717, 1.165) is 11.3 Å². The van der Waals surface area contributed by atoms with Gasteiger partial charge in [-0.1, -0.05) is 24.3 Å². The van der Waals surface area contributed by atoms with Crippen LogP contribution in [0.3, 0.4) is 0 Å². The van der Waals surface area contributed by atoms with Gasteiger partial charge in [0.1, 0.15) is 11.5 Å². The Hall–Kier alpha value is -2.69. The summed E-state index contributed by atoms with van der Waals surface area (Å²) in [4.78, 5) is 11.7. The van der Waals surface area contributed by atoms with Crippen LogP contribution in [0.15, 0.2) is 48.5 Å². The average molecular weight is 286 g/mol. The largest absolute Gasteiger partial charge is 0.506 e. The average Bonchev–Trinajstić information content (AvgIpc) is 2.49. The zero-order chi connectivity index (χ0) is 15.1. The second kappa shape index (κ2) is 7.19. The SMILES string of the molecule is CCOc1ccc(CNC(=O)Nc2ccccc2O)cc1. The number of benzene rings is 2. The molecular weight excluding hydrogens is 268 g/mol. The van der Waals surface area contributed by atoms with E-state index >= 15 is 0 Å². The first-order valence-electron chi connectivity index (χ1n) is 6.73. The molecular formula is C16H18N2O3. The minimum absolute atomic E-state index is 0.0358. The Bertz CT molecular complexity index is 597. The molecule has 3 N–H and O–H groups in total. The van der Waals surface area contributed by atoms with Crippen molar-refractivity contribution in [3.8, 4) is 11.5 Å². The van der Waals surface area contributed by atoms with Crippen molar-refractivity contribution < 1.29 is 14.6 Å². The van der Waals surface area contributed by atoms with Gasteiger partial charge in [0.05, 0.1) is 12.3 Å². The van der Waals surface area contributed by atoms with E-state index in [0.29, 0.717) is 18.8 Å². The Balaban J connectivity index is 1.85. The predicted molar refractivity (Wildman–Crippen MR) is 81.6 cm³/mol. The zero-order valence-electron chi connectivity index (χ0n) is 11.8. The summed E-state index contributed by atoms with van der Waals surface area (Å²) in [5, 5.41) is 14.9. The van der Waals surface area contributed by atoms with E-state index in [1.165, 1.54) is 6.07 Å². The lowest BCUT2D eigenvalue weighted by molar-refractivity contribution is 0.251. The maximum absolute atomic E-state index is 11.7. The summed E-state index contributed by atoms with van der Waals surface area (Å²) in [5.41, 5.74) is 1.34. The van der Waals surface area contributed by atoms with Gasteiger partial charge in [-0.2, -0.15) is 0 Å². The molecule has 0 spiro atoms. The lowest BCUT2D eigenvalue weighted by atomic mass is 10.2. The molecule has 5 nitrogen and oxygen atoms in total. The topological polar surface area (TPSA) is 70.6 Å². The highest BCUT2D eigenvalue weighted by molar-refractivity contribution is 5.90. The Labute approximate surface area is 123 Å². The normalized spacial score (nSPS) is 9.95. The van der Waals surface area contributed by atoms with Crippen LogP contribution in [-0.2, 0) is 6.54 Å². The molecule has 0 saturated heterocycles. The molecule has 0 radical (unpaired) electrons. The molecule has 2 rings (SSSR count). The molecule has 2 amide bonds. The van der Waals surface area contributed by atoms with Gasteiger partial charge in [-0.05, 0) is 36.8 Å². The van der Waals surface area contributed by atoms with E-state index in [1.807, 2.05) is 31.2 Å². The number of anilines is 1. The number of para-hydroxylation sites is 2. The third kappa shape index (κ3) is 4.42. The van der Waals surface area contributed by atoms with Crippen LogP contribution >= 0.6 is 0 Å². The van der Waals surface area contributed by atoms with E-state index in [9.17, 15) is 9.90 Å². The van der Waals surface area contributed by atoms with Crippen LogP contribution in [-0.4, -0.2) is 17.7 Å². The van der Waals surface area contributed by atoms with Crippen LogP contribution < -0.4 is 15.4 Å². The summed E-state index contributed by atoms with van der Waals surface area (Å²) in [5.74, 6) is 0.841. The lowest BCUT2D eigenvalue weighted by Gasteiger charge is -2.09. The van der Waals surface area contributed by atoms with Gasteiger partial charge in [-0.3, -0.25) is 0 Å². The summed E-state index contributed by atoms with van der Waals surface area (Å²) in [6.45, 7) is 2.95. The standard InChI is InChI=1S/C16H18N2O3/c1-2-21-13-9-7-12(8-10-13)11-17-16(20)18-14-5-3-4-6-15(14)19/h3-10,19H,2,11H2,1H3,(H2,17,18,20). The van der Waals surface area contributed by atoms with Crippen molar-refractivity contribution in [2.75, 3.05) is 11.9 Å². The number of carbonyl (C=O) groups is 1. The van der Waals surface area contributed by atoms with Crippen molar-refractivity contribution in [1.29, 1.82) is 0 Å². The van der Waals surface area contributed by atoms with E-state index < -0.39 is 0 Å². The van der Waals surface area contributed by atoms with Gasteiger partial charge >= 0.3 is 6.03 Å². The Morgan fingerprint density at radius 3 is 2.52 bits per heavy atom. The number of amides is 2.